The Morgan fingerprint density at radius 3 is 2.53 bits per heavy atom. The van der Waals surface area contributed by atoms with Crippen molar-refractivity contribution in [1.29, 1.82) is 0 Å². The van der Waals surface area contributed by atoms with Crippen molar-refractivity contribution < 1.29 is 9.52 Å². The Morgan fingerprint density at radius 2 is 1.79 bits per heavy atom. The number of hydrogen-bond donors (Lipinski definition) is 2. The van der Waals surface area contributed by atoms with Crippen LogP contribution in [0.3, 0.4) is 0 Å². The van der Waals surface area contributed by atoms with E-state index in [1.165, 1.54) is 17.6 Å². The van der Waals surface area contributed by atoms with E-state index >= 15 is 0 Å². The molecule has 34 heavy (non-hydrogen) atoms. The van der Waals surface area contributed by atoms with Gasteiger partial charge in [-0.05, 0) is 49.9 Å². The number of benzene rings is 2. The minimum absolute atomic E-state index is 0.571. The predicted molar refractivity (Wildman–Crippen MR) is 136 cm³/mol. The number of aromatic nitrogens is 2. The molecule has 0 bridgehead atoms. The average Bonchev–Trinajstić information content (AvgIpc) is 3.39. The van der Waals surface area contributed by atoms with Gasteiger partial charge in [0.1, 0.15) is 5.82 Å². The summed E-state index contributed by atoms with van der Waals surface area (Å²) in [6.07, 6.45) is 4.07. The highest BCUT2D eigenvalue weighted by molar-refractivity contribution is 5.87. The Labute approximate surface area is 200 Å². The molecule has 1 saturated heterocycles. The summed E-state index contributed by atoms with van der Waals surface area (Å²) in [5.41, 5.74) is 4.18. The number of nitrogens with zero attached hydrogens (tertiary/aromatic N) is 4. The third-order valence-corrected chi connectivity index (χ3v) is 6.66. The van der Waals surface area contributed by atoms with Gasteiger partial charge in [0.05, 0.1) is 6.20 Å². The summed E-state index contributed by atoms with van der Waals surface area (Å²) in [6.45, 7) is 10.7. The number of aliphatic hydroxyl groups is 1. The number of piperazine rings is 1. The first-order valence-corrected chi connectivity index (χ1v) is 11.8. The van der Waals surface area contributed by atoms with Gasteiger partial charge in [-0.3, -0.25) is 4.90 Å². The molecule has 2 aromatic heterocycles. The number of anilines is 2. The average molecular weight is 458 g/mol. The van der Waals surface area contributed by atoms with E-state index in [-0.39, 0.29) is 0 Å². The lowest BCUT2D eigenvalue weighted by Gasteiger charge is -2.39. The minimum atomic E-state index is -0.862. The molecular weight excluding hydrogens is 426 g/mol. The number of oxazole rings is 1. The molecule has 5 rings (SSSR count). The van der Waals surface area contributed by atoms with Gasteiger partial charge in [-0.1, -0.05) is 24.3 Å². The third kappa shape index (κ3) is 4.62. The van der Waals surface area contributed by atoms with E-state index in [1.807, 2.05) is 36.5 Å². The highest BCUT2D eigenvalue weighted by atomic mass is 16.3. The fraction of sp³-hybridized carbons (Fsp3) is 0.333. The number of pyridine rings is 1. The van der Waals surface area contributed by atoms with Crippen LogP contribution in [0.1, 0.15) is 31.2 Å². The molecule has 4 aromatic rings. The SMILES string of the molecule is Cc1ccc(C(O)Nc2cc3cc(-c4cnco4)ccc3cn2)cc1N1CCN(C(C)C)CC1. The standard InChI is InChI=1S/C27H31N5O2/c1-18(2)31-8-10-32(11-9-31)24-13-21(5-4-19(24)3)27(33)30-26-14-23-12-20(25-16-28-17-34-25)6-7-22(23)15-29-26/h4-7,12-18,27,33H,8-11H2,1-3H3,(H,29,30). The van der Waals surface area contributed by atoms with Crippen LogP contribution < -0.4 is 10.2 Å². The summed E-state index contributed by atoms with van der Waals surface area (Å²) in [6, 6.07) is 14.7. The Hall–Kier alpha value is -3.42. The fourth-order valence-electron chi connectivity index (χ4n) is 4.57. The van der Waals surface area contributed by atoms with Crippen LogP contribution in [0.25, 0.3) is 22.1 Å². The normalized spacial score (nSPS) is 15.7. The lowest BCUT2D eigenvalue weighted by Crippen LogP contribution is -2.49. The summed E-state index contributed by atoms with van der Waals surface area (Å²) >= 11 is 0. The van der Waals surface area contributed by atoms with E-state index in [1.54, 1.807) is 6.20 Å². The van der Waals surface area contributed by atoms with Crippen molar-refractivity contribution in [2.45, 2.75) is 33.0 Å². The van der Waals surface area contributed by atoms with Gasteiger partial charge in [0, 0.05) is 60.6 Å². The van der Waals surface area contributed by atoms with Crippen molar-refractivity contribution in [3.63, 3.8) is 0 Å². The van der Waals surface area contributed by atoms with Crippen LogP contribution in [0.4, 0.5) is 11.5 Å². The summed E-state index contributed by atoms with van der Waals surface area (Å²) in [4.78, 5) is 13.4. The van der Waals surface area contributed by atoms with E-state index in [0.717, 1.165) is 53.8 Å². The lowest BCUT2D eigenvalue weighted by atomic mass is 10.1. The van der Waals surface area contributed by atoms with Crippen molar-refractivity contribution in [2.75, 3.05) is 36.4 Å². The predicted octanol–water partition coefficient (Wildman–Crippen LogP) is 4.83. The van der Waals surface area contributed by atoms with E-state index < -0.39 is 6.23 Å². The van der Waals surface area contributed by atoms with E-state index in [0.29, 0.717) is 11.9 Å². The fourth-order valence-corrected chi connectivity index (χ4v) is 4.57. The molecular formula is C27H31N5O2. The van der Waals surface area contributed by atoms with Gasteiger partial charge in [-0.2, -0.15) is 0 Å². The van der Waals surface area contributed by atoms with Gasteiger partial charge in [0.15, 0.2) is 18.4 Å². The molecule has 0 aliphatic carbocycles. The van der Waals surface area contributed by atoms with Gasteiger partial charge in [0.25, 0.3) is 0 Å². The highest BCUT2D eigenvalue weighted by Crippen LogP contribution is 2.29. The zero-order valence-corrected chi connectivity index (χ0v) is 19.9. The van der Waals surface area contributed by atoms with Gasteiger partial charge in [0.2, 0.25) is 0 Å². The minimum Gasteiger partial charge on any atom is -0.444 e. The first-order chi connectivity index (χ1) is 16.5. The number of nitrogens with one attached hydrogen (secondary N) is 1. The van der Waals surface area contributed by atoms with Crippen LogP contribution >= 0.6 is 0 Å². The zero-order chi connectivity index (χ0) is 23.7. The molecule has 7 heteroatoms. The molecule has 0 spiro atoms. The maximum atomic E-state index is 11.0. The molecule has 1 unspecified atom stereocenters. The Morgan fingerprint density at radius 1 is 0.971 bits per heavy atom. The van der Waals surface area contributed by atoms with Crippen LogP contribution in [0.5, 0.6) is 0 Å². The van der Waals surface area contributed by atoms with E-state index in [2.05, 4.69) is 58.0 Å². The van der Waals surface area contributed by atoms with Gasteiger partial charge in [-0.15, -0.1) is 0 Å². The summed E-state index contributed by atoms with van der Waals surface area (Å²) < 4.78 is 5.42. The monoisotopic (exact) mass is 457 g/mol. The molecule has 0 radical (unpaired) electrons. The second kappa shape index (κ2) is 9.44. The molecule has 1 atom stereocenters. The summed E-state index contributed by atoms with van der Waals surface area (Å²) in [5, 5.41) is 16.2. The maximum Gasteiger partial charge on any atom is 0.181 e. The smallest absolute Gasteiger partial charge is 0.181 e. The summed E-state index contributed by atoms with van der Waals surface area (Å²) in [5.74, 6) is 1.33. The lowest BCUT2D eigenvalue weighted by molar-refractivity contribution is 0.206. The Balaban J connectivity index is 1.34. The van der Waals surface area contributed by atoms with Crippen molar-refractivity contribution in [2.24, 2.45) is 0 Å². The number of aliphatic hydroxyl groups excluding tert-OH is 1. The van der Waals surface area contributed by atoms with Gasteiger partial charge >= 0.3 is 0 Å². The third-order valence-electron chi connectivity index (χ3n) is 6.66. The molecule has 2 aromatic carbocycles. The second-order valence-corrected chi connectivity index (χ2v) is 9.21. The largest absolute Gasteiger partial charge is 0.444 e. The van der Waals surface area contributed by atoms with E-state index in [4.69, 9.17) is 4.42 Å². The molecule has 7 nitrogen and oxygen atoms in total. The molecule has 0 saturated carbocycles. The van der Waals surface area contributed by atoms with Crippen LogP contribution in [0, 0.1) is 6.92 Å². The van der Waals surface area contributed by atoms with Crippen molar-refractivity contribution >= 4 is 22.3 Å². The maximum absolute atomic E-state index is 11.0. The Kier molecular flexibility index (Phi) is 6.22. The first kappa shape index (κ1) is 22.4. The van der Waals surface area contributed by atoms with Crippen LogP contribution in [0.15, 0.2) is 65.7 Å². The first-order valence-electron chi connectivity index (χ1n) is 11.8. The van der Waals surface area contributed by atoms with Crippen LogP contribution in [-0.4, -0.2) is 52.2 Å². The van der Waals surface area contributed by atoms with Crippen molar-refractivity contribution in [1.82, 2.24) is 14.9 Å². The molecule has 3 heterocycles. The number of hydrogen-bond acceptors (Lipinski definition) is 7. The number of fused-ring (bicyclic) bond motifs is 1. The summed E-state index contributed by atoms with van der Waals surface area (Å²) in [7, 11) is 0. The van der Waals surface area contributed by atoms with Gasteiger partial charge in [-0.25, -0.2) is 9.97 Å². The molecule has 2 N–H and O–H groups in total. The second-order valence-electron chi connectivity index (χ2n) is 9.21. The molecule has 0 amide bonds. The quantitative estimate of drug-likeness (QED) is 0.402. The van der Waals surface area contributed by atoms with Crippen molar-refractivity contribution in [3.05, 3.63) is 72.4 Å². The zero-order valence-electron chi connectivity index (χ0n) is 19.9. The topological polar surface area (TPSA) is 77.7 Å². The number of rotatable bonds is 6. The van der Waals surface area contributed by atoms with Crippen molar-refractivity contribution in [3.8, 4) is 11.3 Å². The van der Waals surface area contributed by atoms with Gasteiger partial charge < -0.3 is 19.7 Å². The Bertz CT molecular complexity index is 1260. The molecule has 176 valence electrons. The van der Waals surface area contributed by atoms with E-state index in [9.17, 15) is 5.11 Å². The van der Waals surface area contributed by atoms with Crippen LogP contribution in [-0.2, 0) is 0 Å². The molecule has 1 aliphatic heterocycles. The number of aryl methyl sites for hydroxylation is 1. The van der Waals surface area contributed by atoms with Crippen LogP contribution in [0.2, 0.25) is 0 Å². The molecule has 1 aliphatic rings. The molecule has 1 fully saturated rings. The highest BCUT2D eigenvalue weighted by Gasteiger charge is 2.21.